The number of carboxylic acid groups (broad SMARTS) is 1. The first kappa shape index (κ1) is 24.4. The molecule has 28 heavy (non-hydrogen) atoms. The Balaban J connectivity index is 2.16. The molecule has 2 amide bonds. The van der Waals surface area contributed by atoms with E-state index in [1.54, 1.807) is 13.8 Å². The van der Waals surface area contributed by atoms with Crippen LogP contribution in [0, 0.1) is 17.3 Å². The number of aliphatic hydroxyl groups excluding tert-OH is 2. The molecule has 10 heteroatoms. The molecule has 0 aliphatic heterocycles. The summed E-state index contributed by atoms with van der Waals surface area (Å²) in [5.74, 6) is -1.93. The summed E-state index contributed by atoms with van der Waals surface area (Å²) in [5, 5.41) is 33.2. The predicted octanol–water partition coefficient (Wildman–Crippen LogP) is -0.599. The van der Waals surface area contributed by atoms with E-state index >= 15 is 0 Å². The number of amides is 2. The zero-order valence-electron chi connectivity index (χ0n) is 16.3. The average Bonchev–Trinajstić information content (AvgIpc) is 3.01. The van der Waals surface area contributed by atoms with Crippen LogP contribution in [0.3, 0.4) is 0 Å². The predicted molar refractivity (Wildman–Crippen MR) is 104 cm³/mol. The van der Waals surface area contributed by atoms with Gasteiger partial charge < -0.3 is 26.0 Å². The summed E-state index contributed by atoms with van der Waals surface area (Å²) < 4.78 is 0. The summed E-state index contributed by atoms with van der Waals surface area (Å²) in [7, 11) is 0. The lowest BCUT2D eigenvalue weighted by atomic mass is 9.87. The number of carbonyl (C=O) groups is 4. The fourth-order valence-corrected chi connectivity index (χ4v) is 3.90. The third-order valence-electron chi connectivity index (χ3n) is 4.83. The Kier molecular flexibility index (Phi) is 9.91. The Morgan fingerprint density at radius 1 is 1.25 bits per heavy atom. The summed E-state index contributed by atoms with van der Waals surface area (Å²) in [6, 6.07) is 0. The van der Waals surface area contributed by atoms with E-state index in [4.69, 9.17) is 10.2 Å². The topological polar surface area (TPSA) is 153 Å². The summed E-state index contributed by atoms with van der Waals surface area (Å²) in [5.41, 5.74) is -0.968. The number of hydrogen-bond donors (Lipinski definition) is 5. The summed E-state index contributed by atoms with van der Waals surface area (Å²) in [4.78, 5) is 46.4. The number of thioether (sulfide) groups is 1. The van der Waals surface area contributed by atoms with Crippen molar-refractivity contribution in [1.82, 2.24) is 10.6 Å². The van der Waals surface area contributed by atoms with Crippen LogP contribution in [0.15, 0.2) is 0 Å². The normalized spacial score (nSPS) is 20.6. The zero-order valence-corrected chi connectivity index (χ0v) is 17.1. The lowest BCUT2D eigenvalue weighted by Gasteiger charge is -2.27. The van der Waals surface area contributed by atoms with Gasteiger partial charge >= 0.3 is 5.97 Å². The molecule has 1 aliphatic rings. The van der Waals surface area contributed by atoms with Crippen molar-refractivity contribution in [3.63, 3.8) is 0 Å². The van der Waals surface area contributed by atoms with Gasteiger partial charge in [0.15, 0.2) is 0 Å². The van der Waals surface area contributed by atoms with Crippen LogP contribution in [-0.4, -0.2) is 76.2 Å². The summed E-state index contributed by atoms with van der Waals surface area (Å²) in [6.45, 7) is 3.20. The maximum Gasteiger partial charge on any atom is 0.307 e. The van der Waals surface area contributed by atoms with Gasteiger partial charge in [0.25, 0.3) is 0 Å². The third kappa shape index (κ3) is 7.40. The molecule has 5 N–H and O–H groups in total. The Morgan fingerprint density at radius 2 is 1.93 bits per heavy atom. The van der Waals surface area contributed by atoms with Crippen molar-refractivity contribution < 1.29 is 34.5 Å². The van der Waals surface area contributed by atoms with Crippen molar-refractivity contribution in [2.75, 3.05) is 31.2 Å². The molecule has 160 valence electrons. The van der Waals surface area contributed by atoms with Crippen LogP contribution in [0.1, 0.15) is 33.1 Å². The molecule has 0 bridgehead atoms. The van der Waals surface area contributed by atoms with Crippen molar-refractivity contribution in [3.8, 4) is 0 Å². The summed E-state index contributed by atoms with van der Waals surface area (Å²) >= 11 is 1.43. The van der Waals surface area contributed by atoms with Crippen molar-refractivity contribution in [2.24, 2.45) is 17.3 Å². The average molecular weight is 419 g/mol. The molecule has 9 nitrogen and oxygen atoms in total. The van der Waals surface area contributed by atoms with Crippen LogP contribution in [0.2, 0.25) is 0 Å². The number of ketones is 1. The van der Waals surface area contributed by atoms with Gasteiger partial charge in [0.1, 0.15) is 11.9 Å². The lowest BCUT2D eigenvalue weighted by Crippen LogP contribution is -2.46. The van der Waals surface area contributed by atoms with Crippen LogP contribution >= 0.6 is 11.8 Å². The molecule has 0 saturated heterocycles. The van der Waals surface area contributed by atoms with Gasteiger partial charge in [0.05, 0.1) is 12.5 Å². The Labute approximate surface area is 168 Å². The van der Waals surface area contributed by atoms with E-state index < -0.39 is 35.2 Å². The van der Waals surface area contributed by atoms with Crippen LogP contribution in [0.5, 0.6) is 0 Å². The smallest absolute Gasteiger partial charge is 0.307 e. The lowest BCUT2D eigenvalue weighted by molar-refractivity contribution is -0.144. The molecule has 1 fully saturated rings. The Hall–Kier alpha value is -1.65. The van der Waals surface area contributed by atoms with Gasteiger partial charge in [-0.25, -0.2) is 0 Å². The molecular formula is C18H30N2O7S. The fraction of sp³-hybridized carbons (Fsp3) is 0.778. The zero-order chi connectivity index (χ0) is 21.3. The van der Waals surface area contributed by atoms with Gasteiger partial charge in [0.2, 0.25) is 11.8 Å². The van der Waals surface area contributed by atoms with Crippen LogP contribution < -0.4 is 10.6 Å². The third-order valence-corrected chi connectivity index (χ3v) is 5.92. The first-order valence-electron chi connectivity index (χ1n) is 9.26. The molecule has 0 spiro atoms. The Morgan fingerprint density at radius 3 is 2.54 bits per heavy atom. The molecule has 3 atom stereocenters. The van der Waals surface area contributed by atoms with Gasteiger partial charge in [-0.1, -0.05) is 13.8 Å². The highest BCUT2D eigenvalue weighted by Crippen LogP contribution is 2.31. The standard InChI is InChI=1S/C18H30N2O7S/c1-18(2,10-21)15(24)16(25)20-6-5-14(23)19-7-8-28-9-12-11(17(26)27)3-4-13(12)22/h11-12,15,21,24H,3-10H2,1-2H3,(H,19,23)(H,20,25)(H,26,27). The van der Waals surface area contributed by atoms with Gasteiger partial charge in [0, 0.05) is 48.8 Å². The second-order valence-electron chi connectivity index (χ2n) is 7.57. The minimum absolute atomic E-state index is 0.00811. The first-order valence-corrected chi connectivity index (χ1v) is 10.4. The van der Waals surface area contributed by atoms with Crippen molar-refractivity contribution >= 4 is 35.3 Å². The second-order valence-corrected chi connectivity index (χ2v) is 8.72. The number of carbonyl (C=O) groups excluding carboxylic acids is 3. The molecule has 3 unspecified atom stereocenters. The number of aliphatic carboxylic acids is 1. The van der Waals surface area contributed by atoms with E-state index in [1.165, 1.54) is 11.8 Å². The maximum absolute atomic E-state index is 11.8. The monoisotopic (exact) mass is 418 g/mol. The van der Waals surface area contributed by atoms with Crippen LogP contribution in [0.4, 0.5) is 0 Å². The Bertz CT molecular complexity index is 582. The minimum Gasteiger partial charge on any atom is -0.481 e. The SMILES string of the molecule is CC(C)(CO)C(O)C(=O)NCCC(=O)NCCSCC1C(=O)CCC1C(=O)O. The van der Waals surface area contributed by atoms with Gasteiger partial charge in [-0.15, -0.1) is 0 Å². The van der Waals surface area contributed by atoms with E-state index in [-0.39, 0.29) is 31.3 Å². The quantitative estimate of drug-likeness (QED) is 0.263. The minimum atomic E-state index is -1.37. The highest BCUT2D eigenvalue weighted by Gasteiger charge is 2.38. The molecule has 1 aliphatic carbocycles. The summed E-state index contributed by atoms with van der Waals surface area (Å²) in [6.07, 6.45) is -0.615. The van der Waals surface area contributed by atoms with E-state index in [9.17, 15) is 24.3 Å². The van der Waals surface area contributed by atoms with E-state index in [2.05, 4.69) is 10.6 Å². The number of hydrogen-bond acceptors (Lipinski definition) is 7. The molecule has 0 aromatic rings. The van der Waals surface area contributed by atoms with E-state index in [1.807, 2.05) is 0 Å². The number of nitrogens with one attached hydrogen (secondary N) is 2. The number of aliphatic hydroxyl groups is 2. The molecule has 0 aromatic carbocycles. The maximum atomic E-state index is 11.8. The van der Waals surface area contributed by atoms with Crippen molar-refractivity contribution in [3.05, 3.63) is 0 Å². The molecule has 1 rings (SSSR count). The van der Waals surface area contributed by atoms with Crippen LogP contribution in [-0.2, 0) is 19.2 Å². The molecule has 1 saturated carbocycles. The van der Waals surface area contributed by atoms with Crippen molar-refractivity contribution in [1.29, 1.82) is 0 Å². The van der Waals surface area contributed by atoms with Crippen LogP contribution in [0.25, 0.3) is 0 Å². The molecular weight excluding hydrogens is 388 g/mol. The largest absolute Gasteiger partial charge is 0.481 e. The van der Waals surface area contributed by atoms with Gasteiger partial charge in [-0.05, 0) is 6.42 Å². The fourth-order valence-electron chi connectivity index (χ4n) is 2.81. The van der Waals surface area contributed by atoms with E-state index in [0.717, 1.165) is 0 Å². The molecule has 0 heterocycles. The first-order chi connectivity index (χ1) is 13.1. The van der Waals surface area contributed by atoms with Gasteiger partial charge in [-0.3, -0.25) is 19.2 Å². The molecule has 0 radical (unpaired) electrons. The second kappa shape index (κ2) is 11.4. The molecule has 0 aromatic heterocycles. The highest BCUT2D eigenvalue weighted by molar-refractivity contribution is 7.99. The number of rotatable bonds is 12. The number of carboxylic acids is 1. The van der Waals surface area contributed by atoms with Crippen molar-refractivity contribution in [2.45, 2.75) is 39.2 Å². The van der Waals surface area contributed by atoms with Gasteiger partial charge in [-0.2, -0.15) is 11.8 Å². The van der Waals surface area contributed by atoms with E-state index in [0.29, 0.717) is 30.9 Å². The number of Topliss-reactive ketones (excluding diaryl/α,β-unsaturated/α-hetero) is 1. The highest BCUT2D eigenvalue weighted by atomic mass is 32.2.